The highest BCUT2D eigenvalue weighted by molar-refractivity contribution is 7.10. The van der Waals surface area contributed by atoms with E-state index in [1.165, 1.54) is 4.68 Å². The van der Waals surface area contributed by atoms with Crippen LogP contribution in [0.25, 0.3) is 0 Å². The van der Waals surface area contributed by atoms with Gasteiger partial charge in [-0.2, -0.15) is 0 Å². The molecular formula is C14H14N4O2S. The molecule has 0 aliphatic rings. The van der Waals surface area contributed by atoms with Crippen molar-refractivity contribution in [1.82, 2.24) is 20.3 Å². The largest absolute Gasteiger partial charge is 0.469 e. The molecule has 0 saturated carbocycles. The summed E-state index contributed by atoms with van der Waals surface area (Å²) in [4.78, 5) is 13.2. The van der Waals surface area contributed by atoms with E-state index in [1.54, 1.807) is 30.8 Å². The topological polar surface area (TPSA) is 73.0 Å². The van der Waals surface area contributed by atoms with Gasteiger partial charge in [0, 0.05) is 18.5 Å². The maximum absolute atomic E-state index is 12.0. The molecule has 3 rings (SSSR count). The summed E-state index contributed by atoms with van der Waals surface area (Å²) < 4.78 is 6.98. The van der Waals surface area contributed by atoms with Crippen LogP contribution < -0.4 is 5.32 Å². The Morgan fingerprint density at radius 1 is 1.48 bits per heavy atom. The Labute approximate surface area is 125 Å². The van der Waals surface area contributed by atoms with Gasteiger partial charge in [-0.25, -0.2) is 0 Å². The van der Waals surface area contributed by atoms with Gasteiger partial charge in [0.25, 0.3) is 5.91 Å². The summed E-state index contributed by atoms with van der Waals surface area (Å²) in [6.45, 7) is 0.448. The van der Waals surface area contributed by atoms with Crippen LogP contribution >= 0.6 is 11.3 Å². The van der Waals surface area contributed by atoms with Gasteiger partial charge in [-0.1, -0.05) is 11.3 Å². The van der Waals surface area contributed by atoms with E-state index >= 15 is 0 Å². The van der Waals surface area contributed by atoms with Gasteiger partial charge in [-0.15, -0.1) is 16.4 Å². The molecule has 0 aliphatic carbocycles. The third kappa shape index (κ3) is 3.03. The number of aromatic nitrogens is 3. The van der Waals surface area contributed by atoms with Crippen molar-refractivity contribution in [2.45, 2.75) is 5.92 Å². The van der Waals surface area contributed by atoms with E-state index in [4.69, 9.17) is 4.42 Å². The molecule has 3 aromatic heterocycles. The normalized spacial score (nSPS) is 12.2. The molecule has 7 heteroatoms. The summed E-state index contributed by atoms with van der Waals surface area (Å²) in [5, 5.41) is 12.4. The van der Waals surface area contributed by atoms with Crippen LogP contribution in [0.2, 0.25) is 0 Å². The Hall–Kier alpha value is -2.41. The van der Waals surface area contributed by atoms with Crippen LogP contribution in [-0.4, -0.2) is 27.4 Å². The van der Waals surface area contributed by atoms with E-state index < -0.39 is 0 Å². The average Bonchev–Trinajstić information content (AvgIpc) is 3.21. The van der Waals surface area contributed by atoms with Gasteiger partial charge in [0.15, 0.2) is 5.69 Å². The zero-order valence-corrected chi connectivity index (χ0v) is 12.2. The Bertz CT molecular complexity index is 669. The van der Waals surface area contributed by atoms with E-state index in [-0.39, 0.29) is 11.8 Å². The third-order valence-corrected chi connectivity index (χ3v) is 4.06. The van der Waals surface area contributed by atoms with Gasteiger partial charge in [-0.3, -0.25) is 9.48 Å². The molecule has 0 aromatic carbocycles. The third-order valence-electron chi connectivity index (χ3n) is 3.08. The molecule has 1 amide bonds. The summed E-state index contributed by atoms with van der Waals surface area (Å²) in [6, 6.07) is 7.78. The van der Waals surface area contributed by atoms with Crippen LogP contribution in [0, 0.1) is 0 Å². The molecule has 6 nitrogen and oxygen atoms in total. The summed E-state index contributed by atoms with van der Waals surface area (Å²) >= 11 is 1.64. The number of carbonyl (C=O) groups excluding carboxylic acids is 1. The standard InChI is InChI=1S/C14H14N4O2S/c1-18-9-11(16-17-18)14(19)15-8-10(12-4-2-6-20-12)13-5-3-7-21-13/h2-7,9-10H,8H2,1H3,(H,15,19). The second-order valence-electron chi connectivity index (χ2n) is 4.57. The maximum Gasteiger partial charge on any atom is 0.273 e. The molecular weight excluding hydrogens is 288 g/mol. The molecule has 1 atom stereocenters. The predicted octanol–water partition coefficient (Wildman–Crippen LogP) is 2.03. The number of rotatable bonds is 5. The number of aryl methyl sites for hydroxylation is 1. The van der Waals surface area contributed by atoms with E-state index in [1.807, 2.05) is 29.6 Å². The number of carbonyl (C=O) groups is 1. The fourth-order valence-corrected chi connectivity index (χ4v) is 2.89. The van der Waals surface area contributed by atoms with E-state index in [0.29, 0.717) is 12.2 Å². The van der Waals surface area contributed by atoms with Crippen LogP contribution in [0.5, 0.6) is 0 Å². The van der Waals surface area contributed by atoms with Crippen LogP contribution in [0.15, 0.2) is 46.5 Å². The van der Waals surface area contributed by atoms with Crippen LogP contribution in [0.3, 0.4) is 0 Å². The molecule has 0 saturated heterocycles. The fraction of sp³-hybridized carbons (Fsp3) is 0.214. The van der Waals surface area contributed by atoms with Crippen molar-refractivity contribution in [2.24, 2.45) is 7.05 Å². The highest BCUT2D eigenvalue weighted by Gasteiger charge is 2.20. The SMILES string of the molecule is Cn1cc(C(=O)NCC(c2ccco2)c2cccs2)nn1. The fourth-order valence-electron chi connectivity index (χ4n) is 2.06. The first kappa shape index (κ1) is 13.6. The molecule has 0 aliphatic heterocycles. The van der Waals surface area contributed by atoms with Crippen molar-refractivity contribution in [1.29, 1.82) is 0 Å². The van der Waals surface area contributed by atoms with E-state index in [2.05, 4.69) is 15.6 Å². The lowest BCUT2D eigenvalue weighted by molar-refractivity contribution is 0.0947. The quantitative estimate of drug-likeness (QED) is 0.782. The zero-order valence-electron chi connectivity index (χ0n) is 11.4. The number of nitrogens with one attached hydrogen (secondary N) is 1. The lowest BCUT2D eigenvalue weighted by atomic mass is 10.0. The molecule has 1 N–H and O–H groups in total. The summed E-state index contributed by atoms with van der Waals surface area (Å²) in [6.07, 6.45) is 3.23. The van der Waals surface area contributed by atoms with Gasteiger partial charge >= 0.3 is 0 Å². The van der Waals surface area contributed by atoms with Crippen molar-refractivity contribution in [3.8, 4) is 0 Å². The molecule has 0 spiro atoms. The van der Waals surface area contributed by atoms with Crippen molar-refractivity contribution in [3.05, 3.63) is 58.4 Å². The molecule has 108 valence electrons. The first-order valence-electron chi connectivity index (χ1n) is 6.45. The van der Waals surface area contributed by atoms with Gasteiger partial charge in [0.1, 0.15) is 5.76 Å². The second-order valence-corrected chi connectivity index (χ2v) is 5.55. The maximum atomic E-state index is 12.0. The number of furan rings is 1. The number of hydrogen-bond acceptors (Lipinski definition) is 5. The Balaban J connectivity index is 1.72. The highest BCUT2D eigenvalue weighted by Crippen LogP contribution is 2.28. The zero-order chi connectivity index (χ0) is 14.7. The number of hydrogen-bond donors (Lipinski definition) is 1. The minimum absolute atomic E-state index is 0.000575. The minimum atomic E-state index is -0.240. The monoisotopic (exact) mass is 302 g/mol. The summed E-state index contributed by atoms with van der Waals surface area (Å²) in [5.74, 6) is 0.591. The first-order chi connectivity index (χ1) is 10.2. The van der Waals surface area contributed by atoms with Gasteiger partial charge in [-0.05, 0) is 23.6 Å². The molecule has 0 radical (unpaired) electrons. The molecule has 1 unspecified atom stereocenters. The molecule has 3 aromatic rings. The average molecular weight is 302 g/mol. The van der Waals surface area contributed by atoms with Crippen LogP contribution in [0.4, 0.5) is 0 Å². The molecule has 3 heterocycles. The second kappa shape index (κ2) is 5.92. The molecule has 21 heavy (non-hydrogen) atoms. The van der Waals surface area contributed by atoms with Crippen molar-refractivity contribution in [3.63, 3.8) is 0 Å². The van der Waals surface area contributed by atoms with Crippen LogP contribution in [0.1, 0.15) is 27.0 Å². The van der Waals surface area contributed by atoms with Crippen molar-refractivity contribution < 1.29 is 9.21 Å². The molecule has 0 fully saturated rings. The Kier molecular flexibility index (Phi) is 3.83. The van der Waals surface area contributed by atoms with E-state index in [0.717, 1.165) is 10.6 Å². The number of nitrogens with zero attached hydrogens (tertiary/aromatic N) is 3. The Morgan fingerprint density at radius 2 is 2.38 bits per heavy atom. The van der Waals surface area contributed by atoms with E-state index in [9.17, 15) is 4.79 Å². The van der Waals surface area contributed by atoms with Crippen LogP contribution in [-0.2, 0) is 7.05 Å². The first-order valence-corrected chi connectivity index (χ1v) is 7.33. The minimum Gasteiger partial charge on any atom is -0.469 e. The number of thiophene rings is 1. The summed E-state index contributed by atoms with van der Waals surface area (Å²) in [7, 11) is 1.72. The smallest absolute Gasteiger partial charge is 0.273 e. The predicted molar refractivity (Wildman–Crippen MR) is 78.2 cm³/mol. The Morgan fingerprint density at radius 3 is 3.00 bits per heavy atom. The van der Waals surface area contributed by atoms with Gasteiger partial charge in [0.2, 0.25) is 0 Å². The summed E-state index contributed by atoms with van der Waals surface area (Å²) in [5.41, 5.74) is 0.307. The van der Waals surface area contributed by atoms with Gasteiger partial charge in [0.05, 0.1) is 18.4 Å². The number of amides is 1. The van der Waals surface area contributed by atoms with Gasteiger partial charge < -0.3 is 9.73 Å². The van der Waals surface area contributed by atoms with Crippen molar-refractivity contribution >= 4 is 17.2 Å². The lowest BCUT2D eigenvalue weighted by Gasteiger charge is -2.13. The highest BCUT2D eigenvalue weighted by atomic mass is 32.1. The lowest BCUT2D eigenvalue weighted by Crippen LogP contribution is -2.28. The van der Waals surface area contributed by atoms with Crippen molar-refractivity contribution in [2.75, 3.05) is 6.54 Å². The molecule has 0 bridgehead atoms.